The van der Waals surface area contributed by atoms with Crippen molar-refractivity contribution in [3.63, 3.8) is 0 Å². The first kappa shape index (κ1) is 57.3. The van der Waals surface area contributed by atoms with Crippen LogP contribution in [0.1, 0.15) is 113 Å². The van der Waals surface area contributed by atoms with Gasteiger partial charge in [0.1, 0.15) is 31.0 Å². The van der Waals surface area contributed by atoms with Gasteiger partial charge >= 0.3 is 41.8 Å². The van der Waals surface area contributed by atoms with Gasteiger partial charge in [0.05, 0.1) is 18.6 Å². The third kappa shape index (κ3) is 19.1. The van der Waals surface area contributed by atoms with Gasteiger partial charge in [-0.1, -0.05) is 83.0 Å². The first-order valence-electron chi connectivity index (χ1n) is 22.6. The second kappa shape index (κ2) is 27.1. The van der Waals surface area contributed by atoms with Crippen LogP contribution in [0.15, 0.2) is 91.1 Å². The number of hydrogen-bond donors (Lipinski definition) is 1. The molecule has 7 unspecified atom stereocenters. The van der Waals surface area contributed by atoms with Crippen LogP contribution in [-0.4, -0.2) is 90.1 Å². The van der Waals surface area contributed by atoms with E-state index in [1.54, 1.807) is 34.6 Å². The van der Waals surface area contributed by atoms with Crippen molar-refractivity contribution >= 4 is 41.8 Å². The second-order valence-electron chi connectivity index (χ2n) is 18.5. The molecule has 0 spiro atoms. The Bertz CT molecular complexity index is 1970. The normalized spacial score (nSPS) is 24.1. The highest BCUT2D eigenvalue weighted by molar-refractivity contribution is 5.90. The molecule has 2 heterocycles. The zero-order chi connectivity index (χ0) is 50.8. The SMILES string of the molecule is C=C(C)C(=O)OC(C)(C)C1CCC(C)CC1.C=C(C)C(=O)OC1C2CC3C(=O)OC1C3C2.C=C(C)C(=O)OC1CCOC1=O.C=C(C)C(=O)OCC(C)O.C=C(C)C(=O)OCc1ccccc1. The third-order valence-electron chi connectivity index (χ3n) is 11.6. The summed E-state index contributed by atoms with van der Waals surface area (Å²) in [5, 5.41) is 8.68. The lowest BCUT2D eigenvalue weighted by Crippen LogP contribution is -2.38. The Labute approximate surface area is 395 Å². The fraction of sp³-hybridized carbons (Fsp3) is 0.558. The molecule has 1 aromatic carbocycles. The first-order valence-corrected chi connectivity index (χ1v) is 22.6. The maximum atomic E-state index is 11.5. The molecule has 3 aliphatic carbocycles. The summed E-state index contributed by atoms with van der Waals surface area (Å²) in [6.45, 7) is 34.0. The zero-order valence-electron chi connectivity index (χ0n) is 40.9. The molecule has 15 nitrogen and oxygen atoms in total. The van der Waals surface area contributed by atoms with Crippen LogP contribution in [0.5, 0.6) is 0 Å². The average Bonchev–Trinajstić information content (AvgIpc) is 4.02. The van der Waals surface area contributed by atoms with Gasteiger partial charge in [-0.05, 0) is 98.5 Å². The standard InChI is InChI=1S/C14H24O2.C12H14O4.C11H12O2.C8H10O4.C7H12O3/c1-10(2)13(15)16-14(4,5)12-8-6-11(3)7-9-12;1-5(2)11(13)15-9-6-3-7-8(4-6)12(14)16-10(7)9;1-9(2)11(12)13-8-10-6-4-3-5-7-10;1-5(2)7(9)12-6-3-4-11-8(6)10;1-5(2)7(9)10-4-6(3)8/h11-12H,1,6-9H2,2-5H3;6-10H,1,3-4H2,2H3;3-7H,1,8H2,2H3;6H,1,3-4H2,2H3;6,8H,1,4H2,2-3H3. The molecule has 0 amide bonds. The molecule has 2 saturated heterocycles. The van der Waals surface area contributed by atoms with E-state index >= 15 is 0 Å². The molecule has 6 rings (SSSR count). The Balaban J connectivity index is 0.000000291. The van der Waals surface area contributed by atoms with E-state index in [-0.39, 0.29) is 65.7 Å². The van der Waals surface area contributed by atoms with E-state index in [1.165, 1.54) is 19.8 Å². The van der Waals surface area contributed by atoms with Crippen molar-refractivity contribution in [3.05, 3.63) is 96.7 Å². The van der Waals surface area contributed by atoms with Crippen molar-refractivity contribution in [3.8, 4) is 0 Å². The van der Waals surface area contributed by atoms with Crippen LogP contribution in [0.25, 0.3) is 0 Å². The Morgan fingerprint density at radius 1 is 0.716 bits per heavy atom. The number of carbonyl (C=O) groups excluding carboxylic acids is 7. The van der Waals surface area contributed by atoms with E-state index in [4.69, 9.17) is 28.8 Å². The topological polar surface area (TPSA) is 204 Å². The fourth-order valence-electron chi connectivity index (χ4n) is 7.63. The van der Waals surface area contributed by atoms with Gasteiger partial charge in [-0.15, -0.1) is 0 Å². The van der Waals surface area contributed by atoms with Gasteiger partial charge < -0.3 is 38.3 Å². The van der Waals surface area contributed by atoms with Gasteiger partial charge in [0, 0.05) is 46.1 Å². The fourth-order valence-corrected chi connectivity index (χ4v) is 7.63. The van der Waals surface area contributed by atoms with E-state index in [0.29, 0.717) is 53.8 Å². The number of rotatable bonds is 13. The number of benzene rings is 1. The minimum absolute atomic E-state index is 0.0334. The van der Waals surface area contributed by atoms with Crippen molar-refractivity contribution in [2.45, 2.75) is 144 Å². The number of esters is 7. The van der Waals surface area contributed by atoms with Crippen LogP contribution in [0, 0.1) is 29.6 Å². The van der Waals surface area contributed by atoms with Crippen LogP contribution < -0.4 is 0 Å². The molecule has 2 bridgehead atoms. The smallest absolute Gasteiger partial charge is 0.347 e. The minimum atomic E-state index is -0.728. The van der Waals surface area contributed by atoms with Crippen LogP contribution in [-0.2, 0) is 73.3 Å². The van der Waals surface area contributed by atoms with Crippen molar-refractivity contribution < 1.29 is 71.8 Å². The summed E-state index contributed by atoms with van der Waals surface area (Å²) >= 11 is 0. The van der Waals surface area contributed by atoms with Crippen LogP contribution in [0.3, 0.4) is 0 Å². The molecule has 1 aromatic rings. The minimum Gasteiger partial charge on any atom is -0.463 e. The van der Waals surface area contributed by atoms with Crippen molar-refractivity contribution in [1.29, 1.82) is 0 Å². The largest absolute Gasteiger partial charge is 0.463 e. The predicted molar refractivity (Wildman–Crippen MR) is 249 cm³/mol. The number of ether oxygens (including phenoxy) is 7. The van der Waals surface area contributed by atoms with Gasteiger partial charge in [-0.2, -0.15) is 0 Å². The van der Waals surface area contributed by atoms with Gasteiger partial charge in [-0.3, -0.25) is 4.79 Å². The number of aliphatic hydroxyl groups is 1. The number of carbonyl (C=O) groups is 7. The van der Waals surface area contributed by atoms with E-state index in [0.717, 1.165) is 37.2 Å². The lowest BCUT2D eigenvalue weighted by molar-refractivity contribution is -0.158. The molecule has 0 radical (unpaired) electrons. The Hall–Kier alpha value is -5.83. The molecule has 7 atom stereocenters. The summed E-state index contributed by atoms with van der Waals surface area (Å²) in [6, 6.07) is 9.55. The quantitative estimate of drug-likeness (QED) is 0.113. The number of aliphatic hydroxyl groups excluding tert-OH is 1. The Morgan fingerprint density at radius 2 is 1.24 bits per heavy atom. The molecule has 5 aliphatic rings. The lowest BCUT2D eigenvalue weighted by atomic mass is 9.75. The molecular weight excluding hydrogens is 865 g/mol. The maximum absolute atomic E-state index is 11.5. The summed E-state index contributed by atoms with van der Waals surface area (Å²) in [5.41, 5.74) is 2.57. The third-order valence-corrected chi connectivity index (χ3v) is 11.6. The van der Waals surface area contributed by atoms with Crippen LogP contribution in [0.2, 0.25) is 0 Å². The van der Waals surface area contributed by atoms with Gasteiger partial charge in [0.2, 0.25) is 6.10 Å². The van der Waals surface area contributed by atoms with Crippen LogP contribution in [0.4, 0.5) is 0 Å². The van der Waals surface area contributed by atoms with E-state index in [9.17, 15) is 33.6 Å². The van der Waals surface area contributed by atoms with Gasteiger partial charge in [-0.25, -0.2) is 28.8 Å². The molecule has 370 valence electrons. The molecule has 1 N–H and O–H groups in total. The van der Waals surface area contributed by atoms with Crippen molar-refractivity contribution in [2.75, 3.05) is 13.2 Å². The summed E-state index contributed by atoms with van der Waals surface area (Å²) in [6.07, 6.45) is 5.27. The van der Waals surface area contributed by atoms with Crippen molar-refractivity contribution in [2.24, 2.45) is 29.6 Å². The first-order chi connectivity index (χ1) is 31.2. The molecule has 67 heavy (non-hydrogen) atoms. The summed E-state index contributed by atoms with van der Waals surface area (Å²) in [4.78, 5) is 77.8. The molecule has 0 aromatic heterocycles. The average molecular weight is 937 g/mol. The Kier molecular flexibility index (Phi) is 23.2. The number of fused-ring (bicyclic) bond motifs is 1. The lowest BCUT2D eigenvalue weighted by Gasteiger charge is -2.38. The highest BCUT2D eigenvalue weighted by atomic mass is 16.6. The molecule has 2 aliphatic heterocycles. The molecule has 3 saturated carbocycles. The monoisotopic (exact) mass is 936 g/mol. The van der Waals surface area contributed by atoms with E-state index in [1.807, 2.05) is 44.2 Å². The van der Waals surface area contributed by atoms with E-state index in [2.05, 4.69) is 49.3 Å². The summed E-state index contributed by atoms with van der Waals surface area (Å²) < 4.78 is 35.1. The zero-order valence-corrected chi connectivity index (χ0v) is 40.9. The van der Waals surface area contributed by atoms with Gasteiger partial charge in [0.25, 0.3) is 0 Å². The van der Waals surface area contributed by atoms with Gasteiger partial charge in [0.15, 0.2) is 0 Å². The van der Waals surface area contributed by atoms with Crippen LogP contribution >= 0.6 is 0 Å². The van der Waals surface area contributed by atoms with E-state index < -0.39 is 30.1 Å². The number of hydrogen-bond acceptors (Lipinski definition) is 15. The maximum Gasteiger partial charge on any atom is 0.347 e. The Morgan fingerprint density at radius 3 is 1.73 bits per heavy atom. The highest BCUT2D eigenvalue weighted by Gasteiger charge is 2.63. The highest BCUT2D eigenvalue weighted by Crippen LogP contribution is 2.55. The summed E-state index contributed by atoms with van der Waals surface area (Å²) in [7, 11) is 0. The molecular formula is C52H72O15. The predicted octanol–water partition coefficient (Wildman–Crippen LogP) is 7.98. The van der Waals surface area contributed by atoms with Crippen molar-refractivity contribution in [1.82, 2.24) is 0 Å². The number of cyclic esters (lactones) is 1. The second-order valence-corrected chi connectivity index (χ2v) is 18.5. The molecule has 5 fully saturated rings. The molecule has 15 heteroatoms. The summed E-state index contributed by atoms with van der Waals surface area (Å²) in [5.74, 6) is -0.596.